The van der Waals surface area contributed by atoms with Crippen molar-refractivity contribution in [3.63, 3.8) is 0 Å². The van der Waals surface area contributed by atoms with E-state index in [0.717, 1.165) is 0 Å². The lowest BCUT2D eigenvalue weighted by Crippen LogP contribution is -2.14. The molecule has 5 nitrogen and oxygen atoms in total. The number of amides is 2. The SMILES string of the molecule is NC(=O)c1ccc(C(=O)Nc2ccccc2Oc2ccccc2Cl)cc1. The number of ether oxygens (including phenoxy) is 1. The van der Waals surface area contributed by atoms with E-state index in [-0.39, 0.29) is 5.91 Å². The summed E-state index contributed by atoms with van der Waals surface area (Å²) < 4.78 is 5.82. The summed E-state index contributed by atoms with van der Waals surface area (Å²) in [4.78, 5) is 23.6. The molecule has 26 heavy (non-hydrogen) atoms. The number of anilines is 1. The van der Waals surface area contributed by atoms with E-state index >= 15 is 0 Å². The predicted molar refractivity (Wildman–Crippen MR) is 101 cm³/mol. The van der Waals surface area contributed by atoms with Gasteiger partial charge >= 0.3 is 0 Å². The Bertz CT molecular complexity index is 955. The third kappa shape index (κ3) is 4.02. The maximum atomic E-state index is 12.5. The van der Waals surface area contributed by atoms with E-state index in [1.54, 1.807) is 42.5 Å². The van der Waals surface area contributed by atoms with Crippen molar-refractivity contribution >= 4 is 29.1 Å². The van der Waals surface area contributed by atoms with Crippen molar-refractivity contribution in [2.75, 3.05) is 5.32 Å². The van der Waals surface area contributed by atoms with Gasteiger partial charge in [-0.2, -0.15) is 0 Å². The standard InChI is InChI=1S/C20H15ClN2O3/c21-15-5-1-3-7-17(15)26-18-8-4-2-6-16(18)23-20(25)14-11-9-13(10-12-14)19(22)24/h1-12H,(H2,22,24)(H,23,25). The monoisotopic (exact) mass is 366 g/mol. The van der Waals surface area contributed by atoms with Crippen molar-refractivity contribution in [1.82, 2.24) is 0 Å². The average molecular weight is 367 g/mol. The molecule has 0 radical (unpaired) electrons. The Morgan fingerprint density at radius 2 is 1.38 bits per heavy atom. The summed E-state index contributed by atoms with van der Waals surface area (Å²) in [5.74, 6) is 0.0658. The first kappa shape index (κ1) is 17.5. The number of carbonyl (C=O) groups excluding carboxylic acids is 2. The molecule has 0 aliphatic rings. The van der Waals surface area contributed by atoms with Gasteiger partial charge in [0, 0.05) is 11.1 Å². The minimum absolute atomic E-state index is 0.337. The maximum Gasteiger partial charge on any atom is 0.255 e. The van der Waals surface area contributed by atoms with Crippen molar-refractivity contribution in [2.45, 2.75) is 0 Å². The molecule has 0 spiro atoms. The lowest BCUT2D eigenvalue weighted by molar-refractivity contribution is 0.0995. The van der Waals surface area contributed by atoms with Gasteiger partial charge in [-0.15, -0.1) is 0 Å². The molecular weight excluding hydrogens is 352 g/mol. The molecule has 2 amide bonds. The highest BCUT2D eigenvalue weighted by molar-refractivity contribution is 6.32. The first-order chi connectivity index (χ1) is 12.5. The van der Waals surface area contributed by atoms with E-state index in [4.69, 9.17) is 22.1 Å². The molecule has 0 saturated heterocycles. The number of hydrogen-bond acceptors (Lipinski definition) is 3. The van der Waals surface area contributed by atoms with E-state index in [1.807, 2.05) is 6.07 Å². The number of nitrogens with two attached hydrogens (primary N) is 1. The minimum Gasteiger partial charge on any atom is -0.454 e. The van der Waals surface area contributed by atoms with Crippen LogP contribution in [0.25, 0.3) is 0 Å². The molecule has 6 heteroatoms. The second kappa shape index (κ2) is 7.72. The number of nitrogens with one attached hydrogen (secondary N) is 1. The fraction of sp³-hybridized carbons (Fsp3) is 0. The fourth-order valence-corrected chi connectivity index (χ4v) is 2.46. The van der Waals surface area contributed by atoms with E-state index < -0.39 is 5.91 Å². The first-order valence-electron chi connectivity index (χ1n) is 7.77. The minimum atomic E-state index is -0.546. The number of hydrogen-bond donors (Lipinski definition) is 2. The van der Waals surface area contributed by atoms with Crippen LogP contribution in [0.3, 0.4) is 0 Å². The number of carbonyl (C=O) groups is 2. The zero-order valence-corrected chi connectivity index (χ0v) is 14.4. The molecule has 0 aliphatic carbocycles. The van der Waals surface area contributed by atoms with Crippen LogP contribution in [0.5, 0.6) is 11.5 Å². The Morgan fingerprint density at radius 1 is 0.808 bits per heavy atom. The quantitative estimate of drug-likeness (QED) is 0.698. The van der Waals surface area contributed by atoms with Gasteiger partial charge < -0.3 is 15.8 Å². The van der Waals surface area contributed by atoms with Crippen molar-refractivity contribution < 1.29 is 14.3 Å². The molecule has 0 saturated carbocycles. The molecule has 3 aromatic rings. The number of halogens is 1. The van der Waals surface area contributed by atoms with E-state index in [0.29, 0.717) is 33.3 Å². The molecule has 0 fully saturated rings. The van der Waals surface area contributed by atoms with Crippen molar-refractivity contribution in [3.05, 3.63) is 88.9 Å². The molecular formula is C20H15ClN2O3. The van der Waals surface area contributed by atoms with Crippen LogP contribution in [-0.2, 0) is 0 Å². The van der Waals surface area contributed by atoms with E-state index in [1.165, 1.54) is 24.3 Å². The topological polar surface area (TPSA) is 81.4 Å². The van der Waals surface area contributed by atoms with Crippen LogP contribution in [0.1, 0.15) is 20.7 Å². The van der Waals surface area contributed by atoms with Gasteiger partial charge in [0.05, 0.1) is 10.7 Å². The summed E-state index contributed by atoms with van der Waals surface area (Å²) in [5, 5.41) is 3.26. The fourth-order valence-electron chi connectivity index (χ4n) is 2.29. The van der Waals surface area contributed by atoms with Crippen molar-refractivity contribution in [1.29, 1.82) is 0 Å². The first-order valence-corrected chi connectivity index (χ1v) is 8.15. The van der Waals surface area contributed by atoms with Gasteiger partial charge in [-0.3, -0.25) is 9.59 Å². The van der Waals surface area contributed by atoms with Crippen LogP contribution in [0.4, 0.5) is 5.69 Å². The van der Waals surface area contributed by atoms with Gasteiger partial charge in [0.1, 0.15) is 5.75 Å². The third-order valence-electron chi connectivity index (χ3n) is 3.62. The molecule has 0 aromatic heterocycles. The van der Waals surface area contributed by atoms with Gasteiger partial charge in [0.25, 0.3) is 5.91 Å². The molecule has 0 aliphatic heterocycles. The van der Waals surface area contributed by atoms with Crippen LogP contribution >= 0.6 is 11.6 Å². The number of rotatable bonds is 5. The molecule has 3 aromatic carbocycles. The maximum absolute atomic E-state index is 12.5. The van der Waals surface area contributed by atoms with E-state index in [2.05, 4.69) is 5.32 Å². The smallest absolute Gasteiger partial charge is 0.255 e. The summed E-state index contributed by atoms with van der Waals surface area (Å²) in [7, 11) is 0. The van der Waals surface area contributed by atoms with Gasteiger partial charge in [-0.1, -0.05) is 35.9 Å². The Balaban J connectivity index is 1.80. The predicted octanol–water partition coefficient (Wildman–Crippen LogP) is 4.48. The molecule has 130 valence electrons. The summed E-state index contributed by atoms with van der Waals surface area (Å²) in [5.41, 5.74) is 6.43. The summed E-state index contributed by atoms with van der Waals surface area (Å²) in [6.07, 6.45) is 0. The Kier molecular flexibility index (Phi) is 5.20. The summed E-state index contributed by atoms with van der Waals surface area (Å²) in [6.45, 7) is 0. The molecule has 0 heterocycles. The lowest BCUT2D eigenvalue weighted by Gasteiger charge is -2.13. The second-order valence-corrected chi connectivity index (χ2v) is 5.83. The lowest BCUT2D eigenvalue weighted by atomic mass is 10.1. The molecule has 0 atom stereocenters. The summed E-state index contributed by atoms with van der Waals surface area (Å²) >= 11 is 6.12. The molecule has 3 rings (SSSR count). The Hall–Kier alpha value is -3.31. The molecule has 3 N–H and O–H groups in total. The van der Waals surface area contributed by atoms with Gasteiger partial charge in [0.2, 0.25) is 5.91 Å². The third-order valence-corrected chi connectivity index (χ3v) is 3.94. The zero-order valence-electron chi connectivity index (χ0n) is 13.6. The Labute approximate surface area is 155 Å². The summed E-state index contributed by atoms with van der Waals surface area (Å²) in [6, 6.07) is 20.2. The number of benzene rings is 3. The zero-order chi connectivity index (χ0) is 18.5. The van der Waals surface area contributed by atoms with Crippen molar-refractivity contribution in [2.24, 2.45) is 5.73 Å². The highest BCUT2D eigenvalue weighted by Crippen LogP contribution is 2.33. The van der Waals surface area contributed by atoms with Crippen molar-refractivity contribution in [3.8, 4) is 11.5 Å². The molecule has 0 bridgehead atoms. The number of para-hydroxylation sites is 3. The highest BCUT2D eigenvalue weighted by Gasteiger charge is 2.12. The molecule has 0 unspecified atom stereocenters. The van der Waals surface area contributed by atoms with Crippen LogP contribution in [0.2, 0.25) is 5.02 Å². The number of primary amides is 1. The normalized spacial score (nSPS) is 10.2. The van der Waals surface area contributed by atoms with Crippen LogP contribution in [-0.4, -0.2) is 11.8 Å². The van der Waals surface area contributed by atoms with Gasteiger partial charge in [-0.05, 0) is 48.5 Å². The van der Waals surface area contributed by atoms with Gasteiger partial charge in [-0.25, -0.2) is 0 Å². The van der Waals surface area contributed by atoms with Crippen LogP contribution < -0.4 is 15.8 Å². The van der Waals surface area contributed by atoms with Crippen LogP contribution in [0, 0.1) is 0 Å². The average Bonchev–Trinajstić information content (AvgIpc) is 2.65. The highest BCUT2D eigenvalue weighted by atomic mass is 35.5. The van der Waals surface area contributed by atoms with Crippen LogP contribution in [0.15, 0.2) is 72.8 Å². The Morgan fingerprint density at radius 3 is 2.04 bits per heavy atom. The second-order valence-electron chi connectivity index (χ2n) is 5.42. The largest absolute Gasteiger partial charge is 0.454 e. The van der Waals surface area contributed by atoms with Gasteiger partial charge in [0.15, 0.2) is 5.75 Å². The van der Waals surface area contributed by atoms with E-state index in [9.17, 15) is 9.59 Å².